The lowest BCUT2D eigenvalue weighted by Gasteiger charge is -2.41. The van der Waals surface area contributed by atoms with Crippen molar-refractivity contribution in [1.82, 2.24) is 5.32 Å². The van der Waals surface area contributed by atoms with Crippen molar-refractivity contribution in [2.45, 2.75) is 38.1 Å². The van der Waals surface area contributed by atoms with Crippen molar-refractivity contribution in [3.8, 4) is 0 Å². The normalized spacial score (nSPS) is 33.9. The Morgan fingerprint density at radius 3 is 2.84 bits per heavy atom. The van der Waals surface area contributed by atoms with Gasteiger partial charge in [-0.3, -0.25) is 4.79 Å². The molecular formula is C16H21NO2. The summed E-state index contributed by atoms with van der Waals surface area (Å²) in [6.45, 7) is 0.865. The molecule has 0 unspecified atom stereocenters. The standard InChI is InChI=1S/C16H21NO2/c18-15(19)14-16(10-12-6-2-1-3-7-12)9-5-4-8-13(16)11-17-14/h1-3,6-7,13-14,17H,4-5,8-11H2,(H,18,19)/t13-,14+,16+/m1/s1. The van der Waals surface area contributed by atoms with Gasteiger partial charge in [0, 0.05) is 5.41 Å². The zero-order valence-electron chi connectivity index (χ0n) is 11.1. The van der Waals surface area contributed by atoms with Crippen LogP contribution < -0.4 is 5.32 Å². The van der Waals surface area contributed by atoms with E-state index in [1.165, 1.54) is 18.4 Å². The summed E-state index contributed by atoms with van der Waals surface area (Å²) in [6.07, 6.45) is 5.51. The molecule has 1 saturated heterocycles. The fourth-order valence-electron chi connectivity index (χ4n) is 4.13. The van der Waals surface area contributed by atoms with E-state index in [4.69, 9.17) is 0 Å². The van der Waals surface area contributed by atoms with Crippen LogP contribution in [-0.2, 0) is 11.2 Å². The van der Waals surface area contributed by atoms with Crippen molar-refractivity contribution in [3.05, 3.63) is 35.9 Å². The Morgan fingerprint density at radius 1 is 1.32 bits per heavy atom. The van der Waals surface area contributed by atoms with Crippen LogP contribution in [0.5, 0.6) is 0 Å². The lowest BCUT2D eigenvalue weighted by Crippen LogP contribution is -2.47. The first-order valence-corrected chi connectivity index (χ1v) is 7.22. The molecule has 3 heteroatoms. The highest BCUT2D eigenvalue weighted by Crippen LogP contribution is 2.49. The van der Waals surface area contributed by atoms with E-state index in [1.54, 1.807) is 0 Å². The maximum Gasteiger partial charge on any atom is 0.321 e. The van der Waals surface area contributed by atoms with E-state index in [0.717, 1.165) is 25.8 Å². The third-order valence-electron chi connectivity index (χ3n) is 5.02. The summed E-state index contributed by atoms with van der Waals surface area (Å²) in [5.74, 6) is -0.164. The molecule has 3 nitrogen and oxygen atoms in total. The average Bonchev–Trinajstić information content (AvgIpc) is 2.78. The summed E-state index contributed by atoms with van der Waals surface area (Å²) in [7, 11) is 0. The number of hydrogen-bond donors (Lipinski definition) is 2. The summed E-state index contributed by atoms with van der Waals surface area (Å²) < 4.78 is 0. The Bertz CT molecular complexity index is 459. The number of hydrogen-bond acceptors (Lipinski definition) is 2. The van der Waals surface area contributed by atoms with Gasteiger partial charge in [0.25, 0.3) is 0 Å². The Hall–Kier alpha value is -1.35. The van der Waals surface area contributed by atoms with Crippen molar-refractivity contribution >= 4 is 5.97 Å². The SMILES string of the molecule is O=C(O)[C@@H]1NC[C@H]2CCCC[C@]21Cc1ccccc1. The molecule has 1 aromatic carbocycles. The molecule has 0 bridgehead atoms. The summed E-state index contributed by atoms with van der Waals surface area (Å²) in [5.41, 5.74) is 1.19. The predicted molar refractivity (Wildman–Crippen MR) is 74.0 cm³/mol. The van der Waals surface area contributed by atoms with Gasteiger partial charge in [0.1, 0.15) is 6.04 Å². The molecule has 0 aromatic heterocycles. The van der Waals surface area contributed by atoms with Gasteiger partial charge < -0.3 is 10.4 Å². The third kappa shape index (κ3) is 2.16. The maximum absolute atomic E-state index is 11.6. The topological polar surface area (TPSA) is 49.3 Å². The Balaban J connectivity index is 1.92. The first-order chi connectivity index (χ1) is 9.22. The van der Waals surface area contributed by atoms with E-state index in [2.05, 4.69) is 17.4 Å². The van der Waals surface area contributed by atoms with E-state index < -0.39 is 5.97 Å². The monoisotopic (exact) mass is 259 g/mol. The number of fused-ring (bicyclic) bond motifs is 1. The lowest BCUT2D eigenvalue weighted by atomic mass is 9.62. The second-order valence-electron chi connectivity index (χ2n) is 6.02. The van der Waals surface area contributed by atoms with Gasteiger partial charge in [0.2, 0.25) is 0 Å². The van der Waals surface area contributed by atoms with Crippen LogP contribution in [0.4, 0.5) is 0 Å². The smallest absolute Gasteiger partial charge is 0.321 e. The highest BCUT2D eigenvalue weighted by atomic mass is 16.4. The predicted octanol–water partition coefficient (Wildman–Crippen LogP) is 2.46. The molecule has 0 spiro atoms. The van der Waals surface area contributed by atoms with Gasteiger partial charge >= 0.3 is 5.97 Å². The molecule has 2 fully saturated rings. The molecule has 1 aliphatic heterocycles. The Labute approximate surface area is 114 Å². The van der Waals surface area contributed by atoms with Crippen LogP contribution in [0.15, 0.2) is 30.3 Å². The summed E-state index contributed by atoms with van der Waals surface area (Å²) >= 11 is 0. The molecule has 0 radical (unpaired) electrons. The summed E-state index contributed by atoms with van der Waals surface area (Å²) in [4.78, 5) is 11.6. The molecule has 1 saturated carbocycles. The van der Waals surface area contributed by atoms with E-state index >= 15 is 0 Å². The zero-order valence-corrected chi connectivity index (χ0v) is 11.1. The largest absolute Gasteiger partial charge is 0.480 e. The van der Waals surface area contributed by atoms with Gasteiger partial charge in [-0.1, -0.05) is 43.2 Å². The van der Waals surface area contributed by atoms with Gasteiger partial charge in [0.05, 0.1) is 0 Å². The molecule has 0 amide bonds. The van der Waals surface area contributed by atoms with Crippen LogP contribution in [0.1, 0.15) is 31.2 Å². The van der Waals surface area contributed by atoms with Crippen molar-refractivity contribution in [1.29, 1.82) is 0 Å². The molecule has 3 rings (SSSR count). The van der Waals surface area contributed by atoms with Gasteiger partial charge in [-0.25, -0.2) is 0 Å². The Kier molecular flexibility index (Phi) is 3.31. The lowest BCUT2D eigenvalue weighted by molar-refractivity contribution is -0.143. The molecule has 2 aliphatic rings. The number of benzene rings is 1. The Morgan fingerprint density at radius 2 is 2.11 bits per heavy atom. The minimum Gasteiger partial charge on any atom is -0.480 e. The molecule has 19 heavy (non-hydrogen) atoms. The van der Waals surface area contributed by atoms with Crippen LogP contribution in [0.25, 0.3) is 0 Å². The summed E-state index contributed by atoms with van der Waals surface area (Å²) in [6, 6.07) is 9.97. The molecule has 2 N–H and O–H groups in total. The molecule has 3 atom stereocenters. The van der Waals surface area contributed by atoms with E-state index in [-0.39, 0.29) is 11.5 Å². The number of nitrogens with one attached hydrogen (secondary N) is 1. The highest BCUT2D eigenvalue weighted by Gasteiger charge is 2.53. The number of carbonyl (C=O) groups is 1. The highest BCUT2D eigenvalue weighted by molar-refractivity contribution is 5.75. The maximum atomic E-state index is 11.6. The van der Waals surface area contributed by atoms with E-state index in [9.17, 15) is 9.90 Å². The van der Waals surface area contributed by atoms with E-state index in [0.29, 0.717) is 5.92 Å². The van der Waals surface area contributed by atoms with Crippen molar-refractivity contribution in [3.63, 3.8) is 0 Å². The molecular weight excluding hydrogens is 238 g/mol. The number of rotatable bonds is 3. The summed E-state index contributed by atoms with van der Waals surface area (Å²) in [5, 5.41) is 12.8. The van der Waals surface area contributed by atoms with Gasteiger partial charge in [0.15, 0.2) is 0 Å². The minimum absolute atomic E-state index is 0.0779. The quantitative estimate of drug-likeness (QED) is 0.876. The zero-order chi connectivity index (χ0) is 13.3. The fraction of sp³-hybridized carbons (Fsp3) is 0.562. The van der Waals surface area contributed by atoms with Gasteiger partial charge in [-0.15, -0.1) is 0 Å². The first-order valence-electron chi connectivity index (χ1n) is 7.22. The van der Waals surface area contributed by atoms with Crippen LogP contribution in [0, 0.1) is 11.3 Å². The van der Waals surface area contributed by atoms with E-state index in [1.807, 2.05) is 18.2 Å². The van der Waals surface area contributed by atoms with Crippen LogP contribution in [0.2, 0.25) is 0 Å². The van der Waals surface area contributed by atoms with Crippen LogP contribution >= 0.6 is 0 Å². The van der Waals surface area contributed by atoms with Crippen LogP contribution in [0.3, 0.4) is 0 Å². The average molecular weight is 259 g/mol. The van der Waals surface area contributed by atoms with Gasteiger partial charge in [-0.2, -0.15) is 0 Å². The minimum atomic E-state index is -0.680. The molecule has 1 aliphatic carbocycles. The second kappa shape index (κ2) is 4.97. The fourth-order valence-corrected chi connectivity index (χ4v) is 4.13. The first kappa shape index (κ1) is 12.7. The van der Waals surface area contributed by atoms with Crippen molar-refractivity contribution in [2.24, 2.45) is 11.3 Å². The molecule has 102 valence electrons. The molecule has 1 heterocycles. The molecule has 1 aromatic rings. The van der Waals surface area contributed by atoms with Crippen LogP contribution in [-0.4, -0.2) is 23.7 Å². The van der Waals surface area contributed by atoms with Crippen molar-refractivity contribution in [2.75, 3.05) is 6.54 Å². The number of aliphatic carboxylic acids is 1. The number of carboxylic acids is 1. The third-order valence-corrected chi connectivity index (χ3v) is 5.02. The van der Waals surface area contributed by atoms with Gasteiger partial charge in [-0.05, 0) is 37.3 Å². The van der Waals surface area contributed by atoms with Crippen molar-refractivity contribution < 1.29 is 9.90 Å². The number of carboxylic acid groups (broad SMARTS) is 1. The second-order valence-corrected chi connectivity index (χ2v) is 6.02.